The van der Waals surface area contributed by atoms with Gasteiger partial charge >= 0.3 is 0 Å². The number of nitrogens with two attached hydrogens (primary N) is 1. The predicted octanol–water partition coefficient (Wildman–Crippen LogP) is 1.22. The van der Waals surface area contributed by atoms with E-state index in [1.165, 1.54) is 7.11 Å². The molecule has 4 nitrogen and oxygen atoms in total. The summed E-state index contributed by atoms with van der Waals surface area (Å²) >= 11 is 5.66. The number of pyridine rings is 1. The number of aromatic nitrogens is 1. The molecule has 1 heterocycles. The molecule has 3 N–H and O–H groups in total. The lowest BCUT2D eigenvalue weighted by Gasteiger charge is -2.05. The molecule has 0 unspecified atom stereocenters. The van der Waals surface area contributed by atoms with Crippen LogP contribution in [-0.2, 0) is 6.42 Å². The van der Waals surface area contributed by atoms with Crippen LogP contribution >= 0.6 is 11.6 Å². The highest BCUT2D eigenvalue weighted by molar-refractivity contribution is 6.29. The lowest BCUT2D eigenvalue weighted by atomic mass is 10.2. The molecule has 70 valence electrons. The van der Waals surface area contributed by atoms with E-state index in [4.69, 9.17) is 27.5 Å². The van der Waals surface area contributed by atoms with Crippen LogP contribution in [0.1, 0.15) is 5.56 Å². The lowest BCUT2D eigenvalue weighted by Crippen LogP contribution is -2.13. The molecule has 0 aliphatic carbocycles. The van der Waals surface area contributed by atoms with Gasteiger partial charge in [-0.2, -0.15) is 0 Å². The summed E-state index contributed by atoms with van der Waals surface area (Å²) in [7, 11) is 1.50. The van der Waals surface area contributed by atoms with Gasteiger partial charge in [-0.15, -0.1) is 0 Å². The topological polar surface area (TPSA) is 72.0 Å². The second kappa shape index (κ2) is 4.09. The quantitative estimate of drug-likeness (QED) is 0.437. The van der Waals surface area contributed by atoms with E-state index in [2.05, 4.69) is 4.98 Å². The van der Waals surface area contributed by atoms with Gasteiger partial charge in [0.2, 0.25) is 5.88 Å². The predicted molar refractivity (Wildman–Crippen MR) is 51.4 cm³/mol. The summed E-state index contributed by atoms with van der Waals surface area (Å²) in [6.45, 7) is 0. The van der Waals surface area contributed by atoms with Gasteiger partial charge in [-0.3, -0.25) is 5.41 Å². The van der Waals surface area contributed by atoms with E-state index < -0.39 is 0 Å². The zero-order valence-electron chi connectivity index (χ0n) is 7.17. The zero-order chi connectivity index (χ0) is 9.84. The molecule has 0 aromatic carbocycles. The highest BCUT2D eigenvalue weighted by Gasteiger charge is 2.05. The molecule has 1 aromatic rings. The van der Waals surface area contributed by atoms with E-state index in [1.54, 1.807) is 12.1 Å². The Hall–Kier alpha value is -1.29. The number of nitrogens with one attached hydrogen (secondary N) is 1. The maximum Gasteiger partial charge on any atom is 0.218 e. The highest BCUT2D eigenvalue weighted by Crippen LogP contribution is 2.18. The Balaban J connectivity index is 2.99. The van der Waals surface area contributed by atoms with E-state index in [0.29, 0.717) is 17.5 Å². The van der Waals surface area contributed by atoms with Gasteiger partial charge in [-0.25, -0.2) is 4.98 Å². The Labute approximate surface area is 81.2 Å². The molecule has 0 saturated carbocycles. The number of amidine groups is 1. The first-order chi connectivity index (χ1) is 6.13. The fraction of sp³-hybridized carbons (Fsp3) is 0.250. The fourth-order valence-electron chi connectivity index (χ4n) is 0.963. The second-order valence-electron chi connectivity index (χ2n) is 2.50. The van der Waals surface area contributed by atoms with Crippen LogP contribution in [0, 0.1) is 5.41 Å². The van der Waals surface area contributed by atoms with Crippen LogP contribution in [-0.4, -0.2) is 17.9 Å². The molecule has 13 heavy (non-hydrogen) atoms. The van der Waals surface area contributed by atoms with E-state index in [1.807, 2.05) is 0 Å². The van der Waals surface area contributed by atoms with Crippen molar-refractivity contribution in [3.63, 3.8) is 0 Å². The maximum atomic E-state index is 7.12. The molecular formula is C8H10ClN3O. The number of methoxy groups -OCH3 is 1. The first-order valence-corrected chi connectivity index (χ1v) is 4.03. The van der Waals surface area contributed by atoms with Crippen LogP contribution in [0.15, 0.2) is 12.1 Å². The summed E-state index contributed by atoms with van der Waals surface area (Å²) < 4.78 is 4.98. The van der Waals surface area contributed by atoms with Crippen molar-refractivity contribution < 1.29 is 4.74 Å². The largest absolute Gasteiger partial charge is 0.481 e. The zero-order valence-corrected chi connectivity index (χ0v) is 7.93. The molecule has 0 spiro atoms. The smallest absolute Gasteiger partial charge is 0.218 e. The normalized spacial score (nSPS) is 9.69. The lowest BCUT2D eigenvalue weighted by molar-refractivity contribution is 0.394. The van der Waals surface area contributed by atoms with E-state index in [0.717, 1.165) is 5.56 Å². The molecule has 1 aromatic heterocycles. The van der Waals surface area contributed by atoms with Crippen molar-refractivity contribution in [2.24, 2.45) is 5.73 Å². The second-order valence-corrected chi connectivity index (χ2v) is 2.89. The Morgan fingerprint density at radius 1 is 1.69 bits per heavy atom. The van der Waals surface area contributed by atoms with Crippen LogP contribution in [0.25, 0.3) is 0 Å². The number of hydrogen-bond donors (Lipinski definition) is 2. The number of halogens is 1. The summed E-state index contributed by atoms with van der Waals surface area (Å²) in [4.78, 5) is 3.94. The SMILES string of the molecule is COc1nc(Cl)ccc1CC(=N)N. The first-order valence-electron chi connectivity index (χ1n) is 3.66. The molecule has 0 amide bonds. The van der Waals surface area contributed by atoms with E-state index in [-0.39, 0.29) is 5.84 Å². The number of ether oxygens (including phenoxy) is 1. The standard InChI is InChI=1S/C8H10ClN3O/c1-13-8-5(4-7(10)11)2-3-6(9)12-8/h2-3H,4H2,1H3,(H3,10,11). The summed E-state index contributed by atoms with van der Waals surface area (Å²) in [6, 6.07) is 3.39. The molecule has 0 saturated heterocycles. The Bertz CT molecular complexity index is 327. The Morgan fingerprint density at radius 3 is 2.92 bits per heavy atom. The van der Waals surface area contributed by atoms with E-state index in [9.17, 15) is 0 Å². The molecular weight excluding hydrogens is 190 g/mol. The van der Waals surface area contributed by atoms with Crippen LogP contribution in [0.3, 0.4) is 0 Å². The average molecular weight is 200 g/mol. The van der Waals surface area contributed by atoms with Crippen molar-refractivity contribution in [2.45, 2.75) is 6.42 Å². The molecule has 0 radical (unpaired) electrons. The van der Waals surface area contributed by atoms with Gasteiger partial charge in [-0.1, -0.05) is 17.7 Å². The van der Waals surface area contributed by atoms with Gasteiger partial charge in [0.15, 0.2) is 0 Å². The first kappa shape index (κ1) is 9.80. The molecule has 0 aliphatic rings. The summed E-state index contributed by atoms with van der Waals surface area (Å²) in [6.07, 6.45) is 0.327. The fourth-order valence-corrected chi connectivity index (χ4v) is 1.10. The van der Waals surface area contributed by atoms with Crippen LogP contribution in [0.2, 0.25) is 5.15 Å². The molecule has 0 fully saturated rings. The van der Waals surface area contributed by atoms with Gasteiger partial charge in [0, 0.05) is 12.0 Å². The van der Waals surface area contributed by atoms with Crippen molar-refractivity contribution in [3.05, 3.63) is 22.8 Å². The highest BCUT2D eigenvalue weighted by atomic mass is 35.5. The minimum Gasteiger partial charge on any atom is -0.481 e. The number of nitrogens with zero attached hydrogens (tertiary/aromatic N) is 1. The van der Waals surface area contributed by atoms with Crippen molar-refractivity contribution in [1.82, 2.24) is 4.98 Å². The molecule has 1 rings (SSSR count). The number of rotatable bonds is 3. The van der Waals surface area contributed by atoms with Crippen LogP contribution in [0.5, 0.6) is 5.88 Å². The molecule has 0 bridgehead atoms. The molecule has 5 heteroatoms. The van der Waals surface area contributed by atoms with Gasteiger partial charge < -0.3 is 10.5 Å². The summed E-state index contributed by atoms with van der Waals surface area (Å²) in [5.74, 6) is 0.491. The minimum atomic E-state index is 0.0717. The van der Waals surface area contributed by atoms with Gasteiger partial charge in [0.1, 0.15) is 5.15 Å². The third kappa shape index (κ3) is 2.59. The monoisotopic (exact) mass is 199 g/mol. The summed E-state index contributed by atoms with van der Waals surface area (Å²) in [5, 5.41) is 7.48. The van der Waals surface area contributed by atoms with Crippen molar-refractivity contribution in [2.75, 3.05) is 7.11 Å². The Morgan fingerprint density at radius 2 is 2.38 bits per heavy atom. The third-order valence-corrected chi connectivity index (χ3v) is 1.69. The summed E-state index contributed by atoms with van der Waals surface area (Å²) in [5.41, 5.74) is 6.02. The van der Waals surface area contributed by atoms with Crippen molar-refractivity contribution in [1.29, 1.82) is 5.41 Å². The third-order valence-electron chi connectivity index (χ3n) is 1.48. The minimum absolute atomic E-state index is 0.0717. The number of hydrogen-bond acceptors (Lipinski definition) is 3. The van der Waals surface area contributed by atoms with Crippen molar-refractivity contribution in [3.8, 4) is 5.88 Å². The maximum absolute atomic E-state index is 7.12. The van der Waals surface area contributed by atoms with Gasteiger partial charge in [0.25, 0.3) is 0 Å². The molecule has 0 aliphatic heterocycles. The molecule has 0 atom stereocenters. The van der Waals surface area contributed by atoms with Crippen LogP contribution < -0.4 is 10.5 Å². The average Bonchev–Trinajstić information content (AvgIpc) is 2.07. The van der Waals surface area contributed by atoms with Gasteiger partial charge in [0.05, 0.1) is 12.9 Å². The van der Waals surface area contributed by atoms with Gasteiger partial charge in [-0.05, 0) is 6.07 Å². The Kier molecular flexibility index (Phi) is 3.08. The van der Waals surface area contributed by atoms with E-state index >= 15 is 0 Å². The van der Waals surface area contributed by atoms with Crippen molar-refractivity contribution >= 4 is 17.4 Å². The van der Waals surface area contributed by atoms with Crippen LogP contribution in [0.4, 0.5) is 0 Å².